The molecule has 11 rings (SSSR count). The average Bonchev–Trinajstić information content (AvgIpc) is 3.66. The van der Waals surface area contributed by atoms with Gasteiger partial charge in [0.1, 0.15) is 11.2 Å². The molecule has 0 N–H and O–H groups in total. The number of nitrogens with zero attached hydrogens (tertiary/aromatic N) is 2. The zero-order valence-corrected chi connectivity index (χ0v) is 30.1. The molecular formula is C51H36N2O. The van der Waals surface area contributed by atoms with Crippen LogP contribution in [0.2, 0.25) is 0 Å². The molecule has 2 aliphatic rings. The molecule has 0 saturated heterocycles. The topological polar surface area (TPSA) is 19.6 Å². The second-order valence-corrected chi connectivity index (χ2v) is 14.9. The molecule has 0 amide bonds. The highest BCUT2D eigenvalue weighted by Crippen LogP contribution is 2.54. The zero-order chi connectivity index (χ0) is 36.0. The Labute approximate surface area is 315 Å². The van der Waals surface area contributed by atoms with Crippen LogP contribution in [-0.4, -0.2) is 0 Å². The lowest BCUT2D eigenvalue weighted by Gasteiger charge is -2.30. The van der Waals surface area contributed by atoms with Gasteiger partial charge in [-0.25, -0.2) is 0 Å². The first-order valence-corrected chi connectivity index (χ1v) is 18.7. The summed E-state index contributed by atoms with van der Waals surface area (Å²) in [6, 6.07) is 66.1. The fourth-order valence-electron chi connectivity index (χ4n) is 9.04. The van der Waals surface area contributed by atoms with Gasteiger partial charge >= 0.3 is 0 Å². The smallest absolute Gasteiger partial charge is 0.137 e. The molecule has 9 aromatic rings. The number of fused-ring (bicyclic) bond motifs is 11. The molecule has 8 aromatic carbocycles. The molecule has 256 valence electrons. The number of hydrogen-bond donors (Lipinski definition) is 0. The molecule has 54 heavy (non-hydrogen) atoms. The monoisotopic (exact) mass is 692 g/mol. The van der Waals surface area contributed by atoms with Gasteiger partial charge in [0.05, 0.1) is 11.4 Å². The van der Waals surface area contributed by atoms with E-state index in [1.165, 1.54) is 44.5 Å². The highest BCUT2D eigenvalue weighted by atomic mass is 16.3. The third-order valence-corrected chi connectivity index (χ3v) is 11.6. The summed E-state index contributed by atoms with van der Waals surface area (Å²) in [6.07, 6.45) is 0. The van der Waals surface area contributed by atoms with Crippen LogP contribution < -0.4 is 9.80 Å². The summed E-state index contributed by atoms with van der Waals surface area (Å²) in [6.45, 7) is 4.70. The van der Waals surface area contributed by atoms with Crippen LogP contribution in [0.1, 0.15) is 25.0 Å². The van der Waals surface area contributed by atoms with Crippen molar-refractivity contribution < 1.29 is 4.42 Å². The summed E-state index contributed by atoms with van der Waals surface area (Å²) in [4.78, 5) is 4.81. The molecule has 0 radical (unpaired) electrons. The molecule has 2 heterocycles. The van der Waals surface area contributed by atoms with Crippen molar-refractivity contribution in [3.05, 3.63) is 193 Å². The van der Waals surface area contributed by atoms with Crippen LogP contribution in [0, 0.1) is 0 Å². The van der Waals surface area contributed by atoms with Gasteiger partial charge in [-0.15, -0.1) is 0 Å². The first kappa shape index (κ1) is 30.8. The van der Waals surface area contributed by atoms with E-state index in [-0.39, 0.29) is 5.41 Å². The third kappa shape index (κ3) is 4.48. The molecular weight excluding hydrogens is 657 g/mol. The lowest BCUT2D eigenvalue weighted by Crippen LogP contribution is -2.16. The normalized spacial score (nSPS) is 13.5. The Balaban J connectivity index is 1.16. The molecule has 0 saturated carbocycles. The highest BCUT2D eigenvalue weighted by molar-refractivity contribution is 6.07. The maximum absolute atomic E-state index is 6.48. The minimum Gasteiger partial charge on any atom is -0.456 e. The Bertz CT molecular complexity index is 2940. The van der Waals surface area contributed by atoms with Crippen molar-refractivity contribution in [1.82, 2.24) is 0 Å². The van der Waals surface area contributed by atoms with Crippen LogP contribution in [0.3, 0.4) is 0 Å². The Morgan fingerprint density at radius 1 is 0.407 bits per heavy atom. The quantitative estimate of drug-likeness (QED) is 0.183. The molecule has 0 spiro atoms. The van der Waals surface area contributed by atoms with Crippen LogP contribution in [0.25, 0.3) is 55.3 Å². The first-order chi connectivity index (χ1) is 26.5. The summed E-state index contributed by atoms with van der Waals surface area (Å²) >= 11 is 0. The van der Waals surface area contributed by atoms with Crippen molar-refractivity contribution in [2.24, 2.45) is 0 Å². The first-order valence-electron chi connectivity index (χ1n) is 18.7. The molecule has 3 heteroatoms. The molecule has 1 aliphatic heterocycles. The van der Waals surface area contributed by atoms with E-state index in [4.69, 9.17) is 4.42 Å². The number of rotatable bonds is 4. The zero-order valence-electron chi connectivity index (χ0n) is 30.1. The van der Waals surface area contributed by atoms with Gasteiger partial charge in [0, 0.05) is 56.1 Å². The molecule has 0 bridgehead atoms. The SMILES string of the molecule is CC1(C)c2ccccc2-c2ccc(N(c3ccc4c(c3)-c3ccccc3-c3ccccc3N4c3ccccc3)c3ccc4c(c3)oc3ccccc34)cc21. The predicted molar refractivity (Wildman–Crippen MR) is 225 cm³/mol. The van der Waals surface area contributed by atoms with Gasteiger partial charge in [0.15, 0.2) is 0 Å². The second kappa shape index (κ2) is 11.6. The van der Waals surface area contributed by atoms with Gasteiger partial charge in [-0.05, 0) is 100 Å². The molecule has 3 nitrogen and oxygen atoms in total. The lowest BCUT2D eigenvalue weighted by atomic mass is 9.82. The van der Waals surface area contributed by atoms with Crippen molar-refractivity contribution in [1.29, 1.82) is 0 Å². The van der Waals surface area contributed by atoms with E-state index < -0.39 is 0 Å². The average molecular weight is 693 g/mol. The van der Waals surface area contributed by atoms with Gasteiger partial charge in [-0.2, -0.15) is 0 Å². The maximum atomic E-state index is 6.48. The fourth-order valence-corrected chi connectivity index (χ4v) is 9.04. The summed E-state index contributed by atoms with van der Waals surface area (Å²) < 4.78 is 6.48. The number of benzene rings is 8. The van der Waals surface area contributed by atoms with Crippen molar-refractivity contribution in [2.45, 2.75) is 19.3 Å². The predicted octanol–water partition coefficient (Wildman–Crippen LogP) is 14.5. The minimum absolute atomic E-state index is 0.134. The lowest BCUT2D eigenvalue weighted by molar-refractivity contribution is 0.660. The van der Waals surface area contributed by atoms with Crippen LogP contribution in [0.15, 0.2) is 186 Å². The van der Waals surface area contributed by atoms with Crippen molar-refractivity contribution in [3.63, 3.8) is 0 Å². The van der Waals surface area contributed by atoms with Crippen molar-refractivity contribution in [2.75, 3.05) is 9.80 Å². The summed E-state index contributed by atoms with van der Waals surface area (Å²) in [5.74, 6) is 0. The summed E-state index contributed by atoms with van der Waals surface area (Å²) in [5.41, 5.74) is 18.4. The second-order valence-electron chi connectivity index (χ2n) is 14.9. The Morgan fingerprint density at radius 3 is 1.83 bits per heavy atom. The van der Waals surface area contributed by atoms with Gasteiger partial charge in [0.2, 0.25) is 0 Å². The molecule has 1 aliphatic carbocycles. The number of anilines is 6. The van der Waals surface area contributed by atoms with Crippen LogP contribution in [0.4, 0.5) is 34.1 Å². The van der Waals surface area contributed by atoms with Gasteiger partial charge in [-0.3, -0.25) is 0 Å². The molecule has 1 aromatic heterocycles. The summed E-state index contributed by atoms with van der Waals surface area (Å²) in [5, 5.41) is 2.25. The van der Waals surface area contributed by atoms with E-state index in [1.807, 2.05) is 12.1 Å². The van der Waals surface area contributed by atoms with E-state index in [0.29, 0.717) is 0 Å². The highest BCUT2D eigenvalue weighted by Gasteiger charge is 2.36. The summed E-state index contributed by atoms with van der Waals surface area (Å²) in [7, 11) is 0. The third-order valence-electron chi connectivity index (χ3n) is 11.6. The van der Waals surface area contributed by atoms with Gasteiger partial charge in [-0.1, -0.05) is 123 Å². The maximum Gasteiger partial charge on any atom is 0.137 e. The molecule has 0 unspecified atom stereocenters. The van der Waals surface area contributed by atoms with E-state index in [2.05, 4.69) is 194 Å². The Hall–Kier alpha value is -6.84. The Kier molecular flexibility index (Phi) is 6.60. The Morgan fingerprint density at radius 2 is 0.981 bits per heavy atom. The van der Waals surface area contributed by atoms with Crippen molar-refractivity contribution >= 4 is 56.1 Å². The van der Waals surface area contributed by atoms with Gasteiger partial charge < -0.3 is 14.2 Å². The molecule has 0 fully saturated rings. The van der Waals surface area contributed by atoms with Crippen molar-refractivity contribution in [3.8, 4) is 33.4 Å². The van der Waals surface area contributed by atoms with E-state index in [9.17, 15) is 0 Å². The van der Waals surface area contributed by atoms with Crippen LogP contribution in [-0.2, 0) is 5.41 Å². The fraction of sp³-hybridized carbons (Fsp3) is 0.0588. The molecule has 0 atom stereocenters. The van der Waals surface area contributed by atoms with E-state index in [0.717, 1.165) is 56.1 Å². The standard InChI is InChI=1S/C51H36N2O/c1-51(2)45-21-11-8-18-39(45)40-27-24-35(31-46(40)51)52(36-25-28-43-42-20-10-13-23-49(42)54-50(43)32-36)34-26-29-48-44(30-34)38-17-7-6-16-37(38)41-19-9-12-22-47(41)53(48)33-14-4-3-5-15-33/h3-32H,1-2H3. The largest absolute Gasteiger partial charge is 0.456 e. The number of furan rings is 1. The van der Waals surface area contributed by atoms with Crippen LogP contribution in [0.5, 0.6) is 0 Å². The van der Waals surface area contributed by atoms with Gasteiger partial charge in [0.25, 0.3) is 0 Å². The number of para-hydroxylation sites is 3. The number of hydrogen-bond acceptors (Lipinski definition) is 3. The van der Waals surface area contributed by atoms with Crippen LogP contribution >= 0.6 is 0 Å². The van der Waals surface area contributed by atoms with E-state index in [1.54, 1.807) is 0 Å². The minimum atomic E-state index is -0.134. The van der Waals surface area contributed by atoms with E-state index >= 15 is 0 Å².